The Morgan fingerprint density at radius 1 is 1.53 bits per heavy atom. The number of carboxylic acid groups (broad SMARTS) is 1. The van der Waals surface area contributed by atoms with Gasteiger partial charge in [-0.15, -0.1) is 0 Å². The molecule has 0 radical (unpaired) electrons. The average molecular weight is 238 g/mol. The van der Waals surface area contributed by atoms with Crippen molar-refractivity contribution in [2.75, 3.05) is 18.9 Å². The number of aromatic carboxylic acids is 1. The van der Waals surface area contributed by atoms with Gasteiger partial charge in [0.1, 0.15) is 6.10 Å². The summed E-state index contributed by atoms with van der Waals surface area (Å²) in [6.07, 6.45) is 2.87. The van der Waals surface area contributed by atoms with E-state index in [4.69, 9.17) is 20.3 Å². The first-order valence-electron chi connectivity index (χ1n) is 5.40. The van der Waals surface area contributed by atoms with Gasteiger partial charge in [0, 0.05) is 19.0 Å². The zero-order valence-corrected chi connectivity index (χ0v) is 9.26. The van der Waals surface area contributed by atoms with Crippen LogP contribution in [-0.2, 0) is 4.74 Å². The molecule has 0 spiro atoms. The SMILES string of the molecule is Nc1cc(C(=O)O)cnc1OC1CCOCC1. The highest BCUT2D eigenvalue weighted by atomic mass is 16.5. The fraction of sp³-hybridized carbons (Fsp3) is 0.455. The van der Waals surface area contributed by atoms with Crippen LogP contribution in [0.3, 0.4) is 0 Å². The van der Waals surface area contributed by atoms with Crippen molar-refractivity contribution in [3.8, 4) is 5.88 Å². The van der Waals surface area contributed by atoms with Crippen LogP contribution in [-0.4, -0.2) is 35.4 Å². The Morgan fingerprint density at radius 3 is 2.82 bits per heavy atom. The molecule has 0 bridgehead atoms. The van der Waals surface area contributed by atoms with Crippen molar-refractivity contribution in [2.45, 2.75) is 18.9 Å². The molecule has 6 heteroatoms. The van der Waals surface area contributed by atoms with Gasteiger partial charge in [0.05, 0.1) is 24.5 Å². The van der Waals surface area contributed by atoms with Crippen LogP contribution >= 0.6 is 0 Å². The van der Waals surface area contributed by atoms with Crippen molar-refractivity contribution in [1.29, 1.82) is 0 Å². The molecule has 0 saturated carbocycles. The van der Waals surface area contributed by atoms with E-state index in [0.717, 1.165) is 12.8 Å². The Morgan fingerprint density at radius 2 is 2.24 bits per heavy atom. The van der Waals surface area contributed by atoms with Crippen LogP contribution in [0.1, 0.15) is 23.2 Å². The zero-order chi connectivity index (χ0) is 12.3. The molecule has 1 fully saturated rings. The van der Waals surface area contributed by atoms with Gasteiger partial charge in [-0.1, -0.05) is 0 Å². The van der Waals surface area contributed by atoms with E-state index in [1.54, 1.807) is 0 Å². The van der Waals surface area contributed by atoms with E-state index >= 15 is 0 Å². The summed E-state index contributed by atoms with van der Waals surface area (Å²) < 4.78 is 10.8. The Kier molecular flexibility index (Phi) is 3.43. The minimum atomic E-state index is -1.05. The summed E-state index contributed by atoms with van der Waals surface area (Å²) in [6.45, 7) is 1.33. The lowest BCUT2D eigenvalue weighted by atomic mass is 10.1. The fourth-order valence-electron chi connectivity index (χ4n) is 1.64. The van der Waals surface area contributed by atoms with Crippen molar-refractivity contribution < 1.29 is 19.4 Å². The van der Waals surface area contributed by atoms with Crippen LogP contribution in [0.5, 0.6) is 5.88 Å². The van der Waals surface area contributed by atoms with Gasteiger partial charge in [-0.05, 0) is 6.07 Å². The quantitative estimate of drug-likeness (QED) is 0.813. The number of nitrogens with two attached hydrogens (primary N) is 1. The smallest absolute Gasteiger partial charge is 0.337 e. The van der Waals surface area contributed by atoms with Crippen LogP contribution in [0.2, 0.25) is 0 Å². The van der Waals surface area contributed by atoms with Crippen molar-refractivity contribution >= 4 is 11.7 Å². The molecule has 0 unspecified atom stereocenters. The van der Waals surface area contributed by atoms with Gasteiger partial charge in [0.15, 0.2) is 0 Å². The van der Waals surface area contributed by atoms with Gasteiger partial charge in [0.2, 0.25) is 5.88 Å². The molecule has 2 heterocycles. The summed E-state index contributed by atoms with van der Waals surface area (Å²) in [5.74, 6) is -0.760. The van der Waals surface area contributed by atoms with Crippen molar-refractivity contribution in [1.82, 2.24) is 4.98 Å². The third kappa shape index (κ3) is 2.85. The van der Waals surface area contributed by atoms with E-state index in [2.05, 4.69) is 4.98 Å². The number of ether oxygens (including phenoxy) is 2. The first kappa shape index (κ1) is 11.7. The molecule has 1 aromatic heterocycles. The lowest BCUT2D eigenvalue weighted by molar-refractivity contribution is 0.0240. The second-order valence-electron chi connectivity index (χ2n) is 3.85. The van der Waals surface area contributed by atoms with E-state index in [9.17, 15) is 4.79 Å². The molecule has 6 nitrogen and oxygen atoms in total. The number of carbonyl (C=O) groups is 1. The highest BCUT2D eigenvalue weighted by molar-refractivity contribution is 5.88. The Bertz CT molecular complexity index is 416. The molecule has 1 aliphatic heterocycles. The van der Waals surface area contributed by atoms with E-state index in [1.165, 1.54) is 12.3 Å². The van der Waals surface area contributed by atoms with Crippen molar-refractivity contribution in [3.63, 3.8) is 0 Å². The maximum Gasteiger partial charge on any atom is 0.337 e. The molecule has 92 valence electrons. The van der Waals surface area contributed by atoms with Gasteiger partial charge in [-0.3, -0.25) is 0 Å². The topological polar surface area (TPSA) is 94.7 Å². The predicted molar refractivity (Wildman–Crippen MR) is 60.1 cm³/mol. The molecule has 17 heavy (non-hydrogen) atoms. The lowest BCUT2D eigenvalue weighted by Gasteiger charge is -2.23. The molecule has 1 aliphatic rings. The number of aromatic nitrogens is 1. The fourth-order valence-corrected chi connectivity index (χ4v) is 1.64. The molecule has 0 aromatic carbocycles. The number of nitrogens with zero attached hydrogens (tertiary/aromatic N) is 1. The molecular formula is C11H14N2O4. The number of nitrogen functional groups attached to an aromatic ring is 1. The number of hydrogen-bond acceptors (Lipinski definition) is 5. The molecule has 1 saturated heterocycles. The number of pyridine rings is 1. The summed E-state index contributed by atoms with van der Waals surface area (Å²) in [7, 11) is 0. The molecule has 1 aromatic rings. The minimum Gasteiger partial charge on any atom is -0.478 e. The minimum absolute atomic E-state index is 0.0363. The Labute approximate surface area is 98.4 Å². The largest absolute Gasteiger partial charge is 0.478 e. The van der Waals surface area contributed by atoms with Gasteiger partial charge in [-0.2, -0.15) is 0 Å². The number of carboxylic acids is 1. The highest BCUT2D eigenvalue weighted by Gasteiger charge is 2.17. The highest BCUT2D eigenvalue weighted by Crippen LogP contribution is 2.22. The maximum atomic E-state index is 10.7. The van der Waals surface area contributed by atoms with Crippen LogP contribution in [0.15, 0.2) is 12.3 Å². The average Bonchev–Trinajstić information content (AvgIpc) is 2.33. The first-order valence-corrected chi connectivity index (χ1v) is 5.40. The Hall–Kier alpha value is -1.82. The van der Waals surface area contributed by atoms with E-state index in [0.29, 0.717) is 19.1 Å². The van der Waals surface area contributed by atoms with E-state index in [1.807, 2.05) is 0 Å². The van der Waals surface area contributed by atoms with Crippen LogP contribution in [0.25, 0.3) is 0 Å². The summed E-state index contributed by atoms with van der Waals surface area (Å²) >= 11 is 0. The van der Waals surface area contributed by atoms with E-state index in [-0.39, 0.29) is 17.4 Å². The molecular weight excluding hydrogens is 224 g/mol. The number of rotatable bonds is 3. The monoisotopic (exact) mass is 238 g/mol. The standard InChI is InChI=1S/C11H14N2O4/c12-9-5-7(11(14)15)6-13-10(9)17-8-1-3-16-4-2-8/h5-6,8H,1-4,12H2,(H,14,15). The van der Waals surface area contributed by atoms with E-state index < -0.39 is 5.97 Å². The third-order valence-corrected chi connectivity index (χ3v) is 2.57. The van der Waals surface area contributed by atoms with Gasteiger partial charge in [0.25, 0.3) is 0 Å². The predicted octanol–water partition coefficient (Wildman–Crippen LogP) is 0.920. The molecule has 0 atom stereocenters. The van der Waals surface area contributed by atoms with Gasteiger partial charge >= 0.3 is 5.97 Å². The molecule has 0 aliphatic carbocycles. The molecule has 2 rings (SSSR count). The number of anilines is 1. The van der Waals surface area contributed by atoms with Gasteiger partial charge in [-0.25, -0.2) is 9.78 Å². The van der Waals surface area contributed by atoms with Crippen molar-refractivity contribution in [2.24, 2.45) is 0 Å². The zero-order valence-electron chi connectivity index (χ0n) is 9.26. The van der Waals surface area contributed by atoms with Gasteiger partial charge < -0.3 is 20.3 Å². The normalized spacial score (nSPS) is 16.7. The van der Waals surface area contributed by atoms with Crippen LogP contribution in [0, 0.1) is 0 Å². The second kappa shape index (κ2) is 5.01. The van der Waals surface area contributed by atoms with Crippen LogP contribution < -0.4 is 10.5 Å². The molecule has 0 amide bonds. The summed E-state index contributed by atoms with van der Waals surface area (Å²) in [6, 6.07) is 1.35. The van der Waals surface area contributed by atoms with Crippen molar-refractivity contribution in [3.05, 3.63) is 17.8 Å². The van der Waals surface area contributed by atoms with Crippen LogP contribution in [0.4, 0.5) is 5.69 Å². The second-order valence-corrected chi connectivity index (χ2v) is 3.85. The summed E-state index contributed by atoms with van der Waals surface area (Å²) in [5, 5.41) is 8.77. The summed E-state index contributed by atoms with van der Waals surface area (Å²) in [4.78, 5) is 14.6. The lowest BCUT2D eigenvalue weighted by Crippen LogP contribution is -2.26. The first-order chi connectivity index (χ1) is 8.16. The number of hydrogen-bond donors (Lipinski definition) is 2. The molecule has 3 N–H and O–H groups in total. The Balaban J connectivity index is 2.08. The summed E-state index contributed by atoms with van der Waals surface area (Å²) in [5.41, 5.74) is 6.00. The maximum absolute atomic E-state index is 10.7. The third-order valence-electron chi connectivity index (χ3n) is 2.57.